The average molecular weight is 545 g/mol. The molecule has 0 atom stereocenters. The van der Waals surface area contributed by atoms with Crippen molar-refractivity contribution in [3.63, 3.8) is 0 Å². The van der Waals surface area contributed by atoms with Gasteiger partial charge in [0.2, 0.25) is 21.9 Å². The molecule has 0 saturated heterocycles. The Hall–Kier alpha value is -3.72. The number of rotatable bonds is 7. The number of aromatic nitrogens is 4. The first-order valence-electron chi connectivity index (χ1n) is 10.0. The number of nitrogens with one attached hydrogen (secondary N) is 3. The molecule has 36 heavy (non-hydrogen) atoms. The number of carbonyl (C=O) groups excluding carboxylic acids is 1. The van der Waals surface area contributed by atoms with Gasteiger partial charge in [0.25, 0.3) is 0 Å². The number of hydrogen-bond acceptors (Lipinski definition) is 9. The highest BCUT2D eigenvalue weighted by atomic mass is 35.5. The Morgan fingerprint density at radius 3 is 2.61 bits per heavy atom. The number of anilines is 5. The number of fused-ring (bicyclic) bond motifs is 1. The van der Waals surface area contributed by atoms with Crippen LogP contribution in [-0.4, -0.2) is 47.6 Å². The predicted octanol–water partition coefficient (Wildman–Crippen LogP) is 2.95. The lowest BCUT2D eigenvalue weighted by Crippen LogP contribution is -2.26. The fraction of sp³-hybridized carbons (Fsp3) is 0.250. The molecule has 0 bridgehead atoms. The van der Waals surface area contributed by atoms with Gasteiger partial charge in [-0.25, -0.2) is 23.4 Å². The summed E-state index contributed by atoms with van der Waals surface area (Å²) in [4.78, 5) is 27.3. The topological polar surface area (TPSA) is 142 Å². The lowest BCUT2D eigenvalue weighted by Gasteiger charge is -2.17. The van der Waals surface area contributed by atoms with E-state index >= 15 is 0 Å². The summed E-state index contributed by atoms with van der Waals surface area (Å²) in [6.07, 6.45) is -1.61. The minimum absolute atomic E-state index is 0. The maximum Gasteiger partial charge on any atom is 0.421 e. The van der Waals surface area contributed by atoms with Crippen LogP contribution >= 0.6 is 12.4 Å². The van der Waals surface area contributed by atoms with Gasteiger partial charge in [0.15, 0.2) is 0 Å². The molecule has 11 nitrogen and oxygen atoms in total. The van der Waals surface area contributed by atoms with E-state index in [1.54, 1.807) is 18.2 Å². The molecule has 0 spiro atoms. The van der Waals surface area contributed by atoms with E-state index in [9.17, 15) is 26.4 Å². The number of sulfonamides is 1. The van der Waals surface area contributed by atoms with E-state index in [4.69, 9.17) is 0 Å². The quantitative estimate of drug-likeness (QED) is 0.409. The van der Waals surface area contributed by atoms with E-state index in [1.807, 2.05) is 0 Å². The molecule has 1 amide bonds. The fourth-order valence-electron chi connectivity index (χ4n) is 3.20. The third kappa shape index (κ3) is 6.09. The molecule has 0 fully saturated rings. The maximum absolute atomic E-state index is 13.5. The molecule has 0 saturated carbocycles. The zero-order valence-corrected chi connectivity index (χ0v) is 20.4. The Morgan fingerprint density at radius 1 is 1.17 bits per heavy atom. The van der Waals surface area contributed by atoms with Crippen LogP contribution in [0.15, 0.2) is 36.7 Å². The largest absolute Gasteiger partial charge is 0.421 e. The van der Waals surface area contributed by atoms with Crippen LogP contribution in [0.4, 0.5) is 42.1 Å². The number of carbonyl (C=O) groups is 1. The second-order valence-electron chi connectivity index (χ2n) is 7.59. The number of hydrogen-bond donors (Lipinski definition) is 3. The number of amides is 1. The summed E-state index contributed by atoms with van der Waals surface area (Å²) in [5.74, 6) is -0.661. The van der Waals surface area contributed by atoms with Crippen molar-refractivity contribution in [2.75, 3.05) is 33.6 Å². The van der Waals surface area contributed by atoms with Gasteiger partial charge in [-0.3, -0.25) is 9.10 Å². The Labute approximate surface area is 210 Å². The Bertz CT molecular complexity index is 1410. The van der Waals surface area contributed by atoms with Crippen LogP contribution in [0.25, 0.3) is 0 Å². The second-order valence-corrected chi connectivity index (χ2v) is 9.60. The molecule has 2 aromatic heterocycles. The lowest BCUT2D eigenvalue weighted by molar-refractivity contribution is -0.137. The summed E-state index contributed by atoms with van der Waals surface area (Å²) in [6.45, 7) is -0.266. The SMILES string of the molecule is CN(c1ccnc(CNc2nc(Nc3ccc4c(c3)CC(=O)N4)ncc2C(F)(F)F)n1)S(C)(=O)=O.Cl. The first-order valence-corrected chi connectivity index (χ1v) is 11.9. The smallest absolute Gasteiger partial charge is 0.362 e. The Morgan fingerprint density at radius 2 is 1.92 bits per heavy atom. The van der Waals surface area contributed by atoms with Crippen molar-refractivity contribution in [3.8, 4) is 0 Å². The summed E-state index contributed by atoms with van der Waals surface area (Å²) < 4.78 is 65.0. The van der Waals surface area contributed by atoms with Crippen molar-refractivity contribution in [2.45, 2.75) is 19.1 Å². The van der Waals surface area contributed by atoms with Crippen molar-refractivity contribution in [3.05, 3.63) is 53.6 Å². The first kappa shape index (κ1) is 26.9. The molecular weight excluding hydrogens is 525 g/mol. The molecule has 1 aromatic carbocycles. The highest BCUT2D eigenvalue weighted by Gasteiger charge is 2.35. The summed E-state index contributed by atoms with van der Waals surface area (Å²) in [5.41, 5.74) is 0.795. The summed E-state index contributed by atoms with van der Waals surface area (Å²) in [7, 11) is -2.29. The molecule has 0 radical (unpaired) electrons. The average Bonchev–Trinajstić information content (AvgIpc) is 3.15. The molecule has 3 N–H and O–H groups in total. The molecule has 0 aliphatic carbocycles. The first-order chi connectivity index (χ1) is 16.4. The van der Waals surface area contributed by atoms with Crippen molar-refractivity contribution >= 4 is 57.3 Å². The third-order valence-electron chi connectivity index (χ3n) is 5.01. The second kappa shape index (κ2) is 10.1. The number of halogens is 4. The highest BCUT2D eigenvalue weighted by molar-refractivity contribution is 7.92. The van der Waals surface area contributed by atoms with Crippen LogP contribution in [0.2, 0.25) is 0 Å². The van der Waals surface area contributed by atoms with Gasteiger partial charge in [0, 0.05) is 36.9 Å². The van der Waals surface area contributed by atoms with E-state index < -0.39 is 27.6 Å². The van der Waals surface area contributed by atoms with Crippen molar-refractivity contribution in [1.29, 1.82) is 0 Å². The number of alkyl halides is 3. The monoisotopic (exact) mass is 544 g/mol. The van der Waals surface area contributed by atoms with Crippen LogP contribution in [0.3, 0.4) is 0 Å². The zero-order valence-electron chi connectivity index (χ0n) is 18.8. The summed E-state index contributed by atoms with van der Waals surface area (Å²) in [6, 6.07) is 6.34. The molecule has 16 heteroatoms. The van der Waals surface area contributed by atoms with Crippen LogP contribution < -0.4 is 20.3 Å². The van der Waals surface area contributed by atoms with Gasteiger partial charge >= 0.3 is 6.18 Å². The van der Waals surface area contributed by atoms with E-state index in [0.717, 1.165) is 16.1 Å². The van der Waals surface area contributed by atoms with E-state index in [-0.39, 0.29) is 48.9 Å². The van der Waals surface area contributed by atoms with E-state index in [0.29, 0.717) is 17.6 Å². The summed E-state index contributed by atoms with van der Waals surface area (Å²) in [5, 5.41) is 8.08. The Kier molecular flexibility index (Phi) is 7.54. The Balaban J connectivity index is 0.00000361. The third-order valence-corrected chi connectivity index (χ3v) is 6.19. The van der Waals surface area contributed by atoms with Gasteiger partial charge in [-0.1, -0.05) is 0 Å². The minimum Gasteiger partial charge on any atom is -0.362 e. The lowest BCUT2D eigenvalue weighted by atomic mass is 10.1. The normalized spacial score (nSPS) is 12.9. The standard InChI is InChI=1S/C20H19F3N8O3S.ClH/c1-31(35(2,33)34)16-5-6-24-15(29-16)10-25-18-13(20(21,22)23)9-26-19(30-18)27-12-3-4-14-11(7-12)8-17(32)28-14;/h3-7,9H,8,10H2,1-2H3,(H,28,32)(H2,25,26,27,30);1H. The minimum atomic E-state index is -4.74. The summed E-state index contributed by atoms with van der Waals surface area (Å²) >= 11 is 0. The molecule has 192 valence electrons. The van der Waals surface area contributed by atoms with Crippen LogP contribution in [0, 0.1) is 0 Å². The molecule has 4 rings (SSSR count). The van der Waals surface area contributed by atoms with Crippen LogP contribution in [0.1, 0.15) is 17.0 Å². The molecule has 1 aliphatic heterocycles. The van der Waals surface area contributed by atoms with Gasteiger partial charge in [0.1, 0.15) is 23.0 Å². The van der Waals surface area contributed by atoms with Gasteiger partial charge in [0.05, 0.1) is 19.2 Å². The van der Waals surface area contributed by atoms with Crippen molar-refractivity contribution in [2.24, 2.45) is 0 Å². The van der Waals surface area contributed by atoms with E-state index in [1.165, 1.54) is 19.3 Å². The van der Waals surface area contributed by atoms with Crippen molar-refractivity contribution in [1.82, 2.24) is 19.9 Å². The number of nitrogens with zero attached hydrogens (tertiary/aromatic N) is 5. The van der Waals surface area contributed by atoms with Gasteiger partial charge in [-0.2, -0.15) is 18.2 Å². The van der Waals surface area contributed by atoms with Crippen LogP contribution in [-0.2, 0) is 34.0 Å². The molecule has 3 aromatic rings. The predicted molar refractivity (Wildman–Crippen MR) is 129 cm³/mol. The molecule has 1 aliphatic rings. The van der Waals surface area contributed by atoms with Gasteiger partial charge in [-0.15, -0.1) is 12.4 Å². The highest BCUT2D eigenvalue weighted by Crippen LogP contribution is 2.34. The number of benzene rings is 1. The van der Waals surface area contributed by atoms with Crippen LogP contribution in [0.5, 0.6) is 0 Å². The van der Waals surface area contributed by atoms with E-state index in [2.05, 4.69) is 35.9 Å². The molecule has 0 unspecified atom stereocenters. The van der Waals surface area contributed by atoms with Gasteiger partial charge in [-0.05, 0) is 23.8 Å². The van der Waals surface area contributed by atoms with Crippen molar-refractivity contribution < 1.29 is 26.4 Å². The maximum atomic E-state index is 13.5. The fourth-order valence-corrected chi connectivity index (χ4v) is 3.64. The van der Waals surface area contributed by atoms with Gasteiger partial charge < -0.3 is 16.0 Å². The molecule has 3 heterocycles. The molecular formula is C20H20ClF3N8O3S. The zero-order chi connectivity index (χ0) is 25.4.